The lowest BCUT2D eigenvalue weighted by atomic mass is 10.1. The lowest BCUT2D eigenvalue weighted by Crippen LogP contribution is -2.32. The Kier molecular flexibility index (Phi) is 5.41. The number of anilines is 1. The van der Waals surface area contributed by atoms with Crippen molar-refractivity contribution < 1.29 is 9.90 Å². The molecule has 0 aliphatic heterocycles. The van der Waals surface area contributed by atoms with Crippen LogP contribution in [0.25, 0.3) is 11.3 Å². The third-order valence-electron chi connectivity index (χ3n) is 3.52. The third kappa shape index (κ3) is 4.25. The van der Waals surface area contributed by atoms with Crippen LogP contribution in [0.3, 0.4) is 0 Å². The Bertz CT molecular complexity index is 607. The second-order valence-corrected chi connectivity index (χ2v) is 5.24. The molecule has 6 heteroatoms. The van der Waals surface area contributed by atoms with Crippen LogP contribution < -0.4 is 5.73 Å². The van der Waals surface area contributed by atoms with E-state index in [1.165, 1.54) is 4.90 Å². The van der Waals surface area contributed by atoms with Crippen LogP contribution in [0.1, 0.15) is 25.6 Å². The van der Waals surface area contributed by atoms with Gasteiger partial charge in [-0.1, -0.05) is 25.5 Å². The van der Waals surface area contributed by atoms with E-state index in [9.17, 15) is 9.90 Å². The van der Waals surface area contributed by atoms with E-state index >= 15 is 0 Å². The molecular weight excluding hydrogens is 280 g/mol. The van der Waals surface area contributed by atoms with Crippen LogP contribution in [0, 0.1) is 0 Å². The minimum atomic E-state index is -0.876. The Morgan fingerprint density at radius 3 is 2.68 bits per heavy atom. The van der Waals surface area contributed by atoms with Crippen molar-refractivity contribution in [2.24, 2.45) is 0 Å². The third-order valence-corrected chi connectivity index (χ3v) is 3.52. The fourth-order valence-corrected chi connectivity index (χ4v) is 2.19. The maximum absolute atomic E-state index is 11.2. The van der Waals surface area contributed by atoms with Gasteiger partial charge in [-0.3, -0.25) is 0 Å². The van der Waals surface area contributed by atoms with Gasteiger partial charge in [-0.25, -0.2) is 9.78 Å². The molecule has 0 fully saturated rings. The molecule has 0 spiro atoms. The van der Waals surface area contributed by atoms with Gasteiger partial charge in [-0.05, 0) is 24.1 Å². The molecule has 118 valence electrons. The summed E-state index contributed by atoms with van der Waals surface area (Å²) in [5.74, 6) is 0.787. The molecule has 0 atom stereocenters. The Balaban J connectivity index is 1.96. The van der Waals surface area contributed by atoms with Crippen LogP contribution in [0.5, 0.6) is 0 Å². The minimum Gasteiger partial charge on any atom is -0.465 e. The van der Waals surface area contributed by atoms with Gasteiger partial charge in [0.25, 0.3) is 0 Å². The van der Waals surface area contributed by atoms with Crippen molar-refractivity contribution in [1.29, 1.82) is 0 Å². The first-order chi connectivity index (χ1) is 10.6. The fraction of sp³-hybridized carbons (Fsp3) is 0.375. The van der Waals surface area contributed by atoms with Crippen molar-refractivity contribution in [2.45, 2.75) is 26.2 Å². The number of benzene rings is 1. The fourth-order valence-electron chi connectivity index (χ4n) is 2.19. The van der Waals surface area contributed by atoms with Gasteiger partial charge in [0.05, 0.1) is 11.9 Å². The van der Waals surface area contributed by atoms with E-state index in [4.69, 9.17) is 5.73 Å². The van der Waals surface area contributed by atoms with E-state index in [-0.39, 0.29) is 0 Å². The van der Waals surface area contributed by atoms with E-state index in [2.05, 4.69) is 9.97 Å². The molecule has 1 aromatic carbocycles. The summed E-state index contributed by atoms with van der Waals surface area (Å²) in [4.78, 5) is 20.2. The number of hydrogen-bond acceptors (Lipinski definition) is 3. The average molecular weight is 302 g/mol. The van der Waals surface area contributed by atoms with Crippen LogP contribution in [0.15, 0.2) is 30.5 Å². The number of carboxylic acid groups (broad SMARTS) is 1. The smallest absolute Gasteiger partial charge is 0.407 e. The quantitative estimate of drug-likeness (QED) is 0.685. The lowest BCUT2D eigenvalue weighted by molar-refractivity contribution is 0.145. The normalized spacial score (nSPS) is 10.6. The van der Waals surface area contributed by atoms with E-state index in [1.807, 2.05) is 31.2 Å². The van der Waals surface area contributed by atoms with Crippen molar-refractivity contribution >= 4 is 11.8 Å². The zero-order valence-corrected chi connectivity index (χ0v) is 12.7. The molecule has 0 aliphatic carbocycles. The molecule has 6 nitrogen and oxygen atoms in total. The largest absolute Gasteiger partial charge is 0.465 e. The minimum absolute atomic E-state index is 0.448. The highest BCUT2D eigenvalue weighted by Gasteiger charge is 2.12. The Labute approximate surface area is 130 Å². The second kappa shape index (κ2) is 7.49. The maximum Gasteiger partial charge on any atom is 0.407 e. The summed E-state index contributed by atoms with van der Waals surface area (Å²) in [6.45, 7) is 3.06. The Morgan fingerprint density at radius 1 is 1.32 bits per heavy atom. The number of H-pyrrole nitrogens is 1. The van der Waals surface area contributed by atoms with Crippen LogP contribution >= 0.6 is 0 Å². The molecule has 1 amide bonds. The first-order valence-corrected chi connectivity index (χ1v) is 7.47. The molecule has 0 radical (unpaired) electrons. The van der Waals surface area contributed by atoms with Crippen LogP contribution in [0.2, 0.25) is 0 Å². The number of imidazole rings is 1. The van der Waals surface area contributed by atoms with Gasteiger partial charge < -0.3 is 20.7 Å². The first kappa shape index (κ1) is 15.9. The molecule has 1 heterocycles. The predicted molar refractivity (Wildman–Crippen MR) is 86.6 cm³/mol. The lowest BCUT2D eigenvalue weighted by Gasteiger charge is -2.17. The predicted octanol–water partition coefficient (Wildman–Crippen LogP) is 2.98. The second-order valence-electron chi connectivity index (χ2n) is 5.24. The zero-order chi connectivity index (χ0) is 15.9. The standard InChI is InChI=1S/C16H22N4O2/c1-2-3-9-20(16(21)22)10-8-15-18-11-14(19-15)12-4-6-13(17)7-5-12/h4-7,11H,2-3,8-10,17H2,1H3,(H,18,19)(H,21,22). The van der Waals surface area contributed by atoms with Gasteiger partial charge in [0, 0.05) is 25.2 Å². The zero-order valence-electron chi connectivity index (χ0n) is 12.7. The summed E-state index contributed by atoms with van der Waals surface area (Å²) >= 11 is 0. The first-order valence-electron chi connectivity index (χ1n) is 7.47. The van der Waals surface area contributed by atoms with Crippen LogP contribution in [-0.4, -0.2) is 39.2 Å². The molecule has 1 aromatic heterocycles. The van der Waals surface area contributed by atoms with Crippen molar-refractivity contribution in [3.05, 3.63) is 36.3 Å². The molecule has 2 aromatic rings. The van der Waals surface area contributed by atoms with Gasteiger partial charge in [0.1, 0.15) is 5.82 Å². The topological polar surface area (TPSA) is 95.2 Å². The number of nitrogens with two attached hydrogens (primary N) is 1. The molecule has 0 saturated carbocycles. The van der Waals surface area contributed by atoms with Crippen molar-refractivity contribution in [3.63, 3.8) is 0 Å². The molecule has 0 aliphatic rings. The molecule has 0 saturated heterocycles. The molecule has 4 N–H and O–H groups in total. The summed E-state index contributed by atoms with van der Waals surface area (Å²) in [5.41, 5.74) is 8.31. The summed E-state index contributed by atoms with van der Waals surface area (Å²) < 4.78 is 0. The highest BCUT2D eigenvalue weighted by atomic mass is 16.4. The van der Waals surface area contributed by atoms with E-state index in [0.29, 0.717) is 19.5 Å². The summed E-state index contributed by atoms with van der Waals surface area (Å²) in [6, 6.07) is 7.54. The van der Waals surface area contributed by atoms with Crippen LogP contribution in [-0.2, 0) is 6.42 Å². The average Bonchev–Trinajstić information content (AvgIpc) is 2.96. The van der Waals surface area contributed by atoms with E-state index in [1.54, 1.807) is 6.20 Å². The molecule has 2 rings (SSSR count). The number of amides is 1. The van der Waals surface area contributed by atoms with Gasteiger partial charge in [-0.15, -0.1) is 0 Å². The summed E-state index contributed by atoms with van der Waals surface area (Å²) in [6.07, 6.45) is 3.31. The van der Waals surface area contributed by atoms with Crippen molar-refractivity contribution in [3.8, 4) is 11.3 Å². The van der Waals surface area contributed by atoms with Gasteiger partial charge in [-0.2, -0.15) is 0 Å². The number of nitrogens with one attached hydrogen (secondary N) is 1. The molecule has 0 bridgehead atoms. The number of aromatic amines is 1. The highest BCUT2D eigenvalue weighted by Crippen LogP contribution is 2.18. The molecular formula is C16H22N4O2. The number of unbranched alkanes of at least 4 members (excludes halogenated alkanes) is 1. The van der Waals surface area contributed by atoms with Crippen molar-refractivity contribution in [2.75, 3.05) is 18.8 Å². The van der Waals surface area contributed by atoms with Gasteiger partial charge in [0.2, 0.25) is 0 Å². The van der Waals surface area contributed by atoms with Gasteiger partial charge >= 0.3 is 6.09 Å². The number of hydrogen-bond donors (Lipinski definition) is 3. The summed E-state index contributed by atoms with van der Waals surface area (Å²) in [5, 5.41) is 9.17. The Hall–Kier alpha value is -2.50. The molecule has 22 heavy (non-hydrogen) atoms. The monoisotopic (exact) mass is 302 g/mol. The molecule has 0 unspecified atom stereocenters. The number of carbonyl (C=O) groups is 1. The number of rotatable bonds is 7. The summed E-state index contributed by atoms with van der Waals surface area (Å²) in [7, 11) is 0. The van der Waals surface area contributed by atoms with Gasteiger partial charge in [0.15, 0.2) is 0 Å². The number of aromatic nitrogens is 2. The number of nitrogens with zero attached hydrogens (tertiary/aromatic N) is 2. The Morgan fingerprint density at radius 2 is 2.05 bits per heavy atom. The van der Waals surface area contributed by atoms with E-state index < -0.39 is 6.09 Å². The van der Waals surface area contributed by atoms with Crippen molar-refractivity contribution in [1.82, 2.24) is 14.9 Å². The SMILES string of the molecule is CCCCN(CCc1ncc(-c2ccc(N)cc2)[nH]1)C(=O)O. The maximum atomic E-state index is 11.2. The van der Waals surface area contributed by atoms with Crippen LogP contribution in [0.4, 0.5) is 10.5 Å². The van der Waals surface area contributed by atoms with E-state index in [0.717, 1.165) is 35.6 Å². The number of nitrogen functional groups attached to an aromatic ring is 1. The highest BCUT2D eigenvalue weighted by molar-refractivity contribution is 5.65.